The van der Waals surface area contributed by atoms with Crippen LogP contribution in [-0.4, -0.2) is 12.0 Å². The number of benzene rings is 1. The SMILES string of the molecule is CCOc1cccc(C2CCCCC2Cl)c1. The highest BCUT2D eigenvalue weighted by atomic mass is 35.5. The van der Waals surface area contributed by atoms with Crippen molar-refractivity contribution in [1.82, 2.24) is 0 Å². The second-order valence-corrected chi connectivity index (χ2v) is 4.97. The van der Waals surface area contributed by atoms with Gasteiger partial charge in [0.05, 0.1) is 6.61 Å². The molecule has 1 nitrogen and oxygen atoms in total. The molecule has 16 heavy (non-hydrogen) atoms. The summed E-state index contributed by atoms with van der Waals surface area (Å²) in [4.78, 5) is 0. The Bertz CT molecular complexity index is 337. The van der Waals surface area contributed by atoms with Crippen LogP contribution in [0.2, 0.25) is 0 Å². The average Bonchev–Trinajstić information content (AvgIpc) is 2.30. The van der Waals surface area contributed by atoms with Crippen LogP contribution in [0.5, 0.6) is 5.75 Å². The lowest BCUT2D eigenvalue weighted by atomic mass is 9.83. The van der Waals surface area contributed by atoms with Gasteiger partial charge in [-0.15, -0.1) is 11.6 Å². The van der Waals surface area contributed by atoms with Gasteiger partial charge in [-0.25, -0.2) is 0 Å². The zero-order valence-electron chi connectivity index (χ0n) is 9.79. The summed E-state index contributed by atoms with van der Waals surface area (Å²) in [6, 6.07) is 8.40. The molecule has 1 aromatic carbocycles. The van der Waals surface area contributed by atoms with E-state index in [0.29, 0.717) is 11.3 Å². The van der Waals surface area contributed by atoms with Crippen molar-refractivity contribution in [1.29, 1.82) is 0 Å². The van der Waals surface area contributed by atoms with Crippen molar-refractivity contribution in [3.63, 3.8) is 0 Å². The van der Waals surface area contributed by atoms with Crippen LogP contribution >= 0.6 is 11.6 Å². The van der Waals surface area contributed by atoms with E-state index in [1.54, 1.807) is 0 Å². The Morgan fingerprint density at radius 2 is 2.12 bits per heavy atom. The van der Waals surface area contributed by atoms with E-state index < -0.39 is 0 Å². The molecule has 1 fully saturated rings. The quantitative estimate of drug-likeness (QED) is 0.712. The maximum Gasteiger partial charge on any atom is 0.119 e. The molecular formula is C14H19ClO. The van der Waals surface area contributed by atoms with Crippen LogP contribution in [0.3, 0.4) is 0 Å². The minimum Gasteiger partial charge on any atom is -0.494 e. The lowest BCUT2D eigenvalue weighted by Crippen LogP contribution is -2.17. The topological polar surface area (TPSA) is 9.23 Å². The van der Waals surface area contributed by atoms with Crippen LogP contribution in [0.25, 0.3) is 0 Å². The third-order valence-electron chi connectivity index (χ3n) is 3.28. The molecule has 2 atom stereocenters. The summed E-state index contributed by atoms with van der Waals surface area (Å²) in [5.74, 6) is 1.48. The summed E-state index contributed by atoms with van der Waals surface area (Å²) in [6.07, 6.45) is 4.93. The van der Waals surface area contributed by atoms with E-state index in [4.69, 9.17) is 16.3 Å². The molecule has 0 bridgehead atoms. The molecule has 2 unspecified atom stereocenters. The Kier molecular flexibility index (Phi) is 4.11. The molecule has 2 heteroatoms. The fraction of sp³-hybridized carbons (Fsp3) is 0.571. The zero-order chi connectivity index (χ0) is 11.4. The van der Waals surface area contributed by atoms with Gasteiger partial charge in [0.25, 0.3) is 0 Å². The van der Waals surface area contributed by atoms with E-state index in [1.165, 1.54) is 24.8 Å². The molecule has 0 N–H and O–H groups in total. The fourth-order valence-electron chi connectivity index (χ4n) is 2.46. The number of hydrogen-bond acceptors (Lipinski definition) is 1. The maximum atomic E-state index is 6.41. The number of hydrogen-bond donors (Lipinski definition) is 0. The highest BCUT2D eigenvalue weighted by Gasteiger charge is 2.24. The molecule has 0 amide bonds. The summed E-state index contributed by atoms with van der Waals surface area (Å²) in [7, 11) is 0. The molecule has 1 saturated carbocycles. The number of rotatable bonds is 3. The van der Waals surface area contributed by atoms with Gasteiger partial charge in [-0.3, -0.25) is 0 Å². The maximum absolute atomic E-state index is 6.41. The molecule has 0 saturated heterocycles. The van der Waals surface area contributed by atoms with Crippen LogP contribution in [0.1, 0.15) is 44.1 Å². The molecule has 1 aromatic rings. The van der Waals surface area contributed by atoms with E-state index >= 15 is 0 Å². The second kappa shape index (κ2) is 5.58. The van der Waals surface area contributed by atoms with Crippen molar-refractivity contribution in [3.8, 4) is 5.75 Å². The third-order valence-corrected chi connectivity index (χ3v) is 3.80. The lowest BCUT2D eigenvalue weighted by molar-refractivity contribution is 0.339. The largest absolute Gasteiger partial charge is 0.494 e. The average molecular weight is 239 g/mol. The predicted octanol–water partition coefficient (Wildman–Crippen LogP) is 4.35. The van der Waals surface area contributed by atoms with Crippen LogP contribution in [0.4, 0.5) is 0 Å². The van der Waals surface area contributed by atoms with Gasteiger partial charge < -0.3 is 4.74 Å². The molecule has 2 rings (SSSR count). The first kappa shape index (κ1) is 11.8. The Balaban J connectivity index is 2.15. The van der Waals surface area contributed by atoms with Gasteiger partial charge in [0.15, 0.2) is 0 Å². The first-order valence-electron chi connectivity index (χ1n) is 6.18. The van der Waals surface area contributed by atoms with Crippen LogP contribution in [-0.2, 0) is 0 Å². The minimum absolute atomic E-state index is 0.297. The summed E-state index contributed by atoms with van der Waals surface area (Å²) in [5.41, 5.74) is 1.34. The minimum atomic E-state index is 0.297. The van der Waals surface area contributed by atoms with Crippen LogP contribution < -0.4 is 4.74 Å². The van der Waals surface area contributed by atoms with Gasteiger partial charge in [0.2, 0.25) is 0 Å². The first-order valence-corrected chi connectivity index (χ1v) is 6.61. The zero-order valence-corrected chi connectivity index (χ0v) is 10.5. The monoisotopic (exact) mass is 238 g/mol. The van der Waals surface area contributed by atoms with Crippen molar-refractivity contribution in [2.45, 2.75) is 43.9 Å². The van der Waals surface area contributed by atoms with E-state index in [2.05, 4.69) is 18.2 Å². The molecule has 1 aliphatic rings. The lowest BCUT2D eigenvalue weighted by Gasteiger charge is -2.27. The molecular weight excluding hydrogens is 220 g/mol. The number of alkyl halides is 1. The Hall–Kier alpha value is -0.690. The van der Waals surface area contributed by atoms with Gasteiger partial charge in [-0.2, -0.15) is 0 Å². The van der Waals surface area contributed by atoms with Crippen molar-refractivity contribution in [3.05, 3.63) is 29.8 Å². The van der Waals surface area contributed by atoms with Crippen molar-refractivity contribution in [2.75, 3.05) is 6.61 Å². The normalized spacial score (nSPS) is 25.4. The Morgan fingerprint density at radius 3 is 2.88 bits per heavy atom. The molecule has 0 radical (unpaired) electrons. The molecule has 0 aliphatic heterocycles. The first-order chi connectivity index (χ1) is 7.81. The number of ether oxygens (including phenoxy) is 1. The van der Waals surface area contributed by atoms with E-state index in [1.807, 2.05) is 13.0 Å². The molecule has 1 aliphatic carbocycles. The van der Waals surface area contributed by atoms with Crippen molar-refractivity contribution in [2.24, 2.45) is 0 Å². The summed E-state index contributed by atoms with van der Waals surface area (Å²) >= 11 is 6.41. The van der Waals surface area contributed by atoms with Gasteiger partial charge in [0.1, 0.15) is 5.75 Å². The van der Waals surface area contributed by atoms with Gasteiger partial charge in [-0.1, -0.05) is 25.0 Å². The van der Waals surface area contributed by atoms with Gasteiger partial charge >= 0.3 is 0 Å². The number of halogens is 1. The highest BCUT2D eigenvalue weighted by molar-refractivity contribution is 6.21. The van der Waals surface area contributed by atoms with Crippen LogP contribution in [0.15, 0.2) is 24.3 Å². The molecule has 0 aromatic heterocycles. The molecule has 0 heterocycles. The van der Waals surface area contributed by atoms with E-state index in [0.717, 1.165) is 18.8 Å². The summed E-state index contributed by atoms with van der Waals surface area (Å²) < 4.78 is 5.53. The van der Waals surface area contributed by atoms with Gasteiger partial charge in [0, 0.05) is 11.3 Å². The fourth-order valence-corrected chi connectivity index (χ4v) is 2.89. The summed E-state index contributed by atoms with van der Waals surface area (Å²) in [5, 5.41) is 0.297. The predicted molar refractivity (Wildman–Crippen MR) is 68.5 cm³/mol. The summed E-state index contributed by atoms with van der Waals surface area (Å²) in [6.45, 7) is 2.73. The smallest absolute Gasteiger partial charge is 0.119 e. The van der Waals surface area contributed by atoms with Crippen LogP contribution in [0, 0.1) is 0 Å². The van der Waals surface area contributed by atoms with E-state index in [-0.39, 0.29) is 0 Å². The third kappa shape index (κ3) is 2.70. The Labute approximate surface area is 103 Å². The Morgan fingerprint density at radius 1 is 1.31 bits per heavy atom. The molecule has 0 spiro atoms. The van der Waals surface area contributed by atoms with E-state index in [9.17, 15) is 0 Å². The second-order valence-electron chi connectivity index (χ2n) is 4.41. The standard InChI is InChI=1S/C14H19ClO/c1-2-16-12-7-5-6-11(10-12)13-8-3-4-9-14(13)15/h5-7,10,13-14H,2-4,8-9H2,1H3. The van der Waals surface area contributed by atoms with Crippen molar-refractivity contribution >= 4 is 11.6 Å². The van der Waals surface area contributed by atoms with Crippen molar-refractivity contribution < 1.29 is 4.74 Å². The molecule has 88 valence electrons. The van der Waals surface area contributed by atoms with Gasteiger partial charge in [-0.05, 0) is 37.5 Å². The highest BCUT2D eigenvalue weighted by Crippen LogP contribution is 2.37.